The molecule has 11 aliphatic rings. The number of allylic oxidation sites excluding steroid dienone is 6. The number of carbonyl (C=O) groups excluding carboxylic acids is 4. The summed E-state index contributed by atoms with van der Waals surface area (Å²) in [6, 6.07) is 6.16. The Bertz CT molecular complexity index is 3290. The fourth-order valence-electron chi connectivity index (χ4n) is 18.3. The molecule has 0 aromatic heterocycles. The molecular weight excluding hydrogens is 1140 g/mol. The number of nitriles is 1. The number of aliphatic hydroxyl groups excluding tert-OH is 1. The van der Waals surface area contributed by atoms with Gasteiger partial charge in [-0.2, -0.15) is 5.26 Å². The number of ether oxygens (including phenoxy) is 6. The van der Waals surface area contributed by atoms with Crippen LogP contribution in [-0.4, -0.2) is 93.7 Å². The zero-order chi connectivity index (χ0) is 66.2. The first-order valence-electron chi connectivity index (χ1n) is 32.1. The summed E-state index contributed by atoms with van der Waals surface area (Å²) >= 11 is 0. The highest BCUT2D eigenvalue weighted by Crippen LogP contribution is 2.64. The highest BCUT2D eigenvalue weighted by atomic mass is 32.2. The molecule has 8 aliphatic carbocycles. The summed E-state index contributed by atoms with van der Waals surface area (Å²) in [6.07, 6.45) is 15.9. The summed E-state index contributed by atoms with van der Waals surface area (Å²) in [5, 5.41) is 19.9. The lowest BCUT2D eigenvalue weighted by atomic mass is 9.50. The number of hydrogen-bond donors (Lipinski definition) is 1. The van der Waals surface area contributed by atoms with Gasteiger partial charge >= 0.3 is 0 Å². The lowest BCUT2D eigenvalue weighted by Crippen LogP contribution is -2.55. The Balaban J connectivity index is 0.000000179. The monoisotopic (exact) mass is 1240 g/mol. The van der Waals surface area contributed by atoms with Crippen molar-refractivity contribution in [2.45, 2.75) is 216 Å². The Morgan fingerprint density at radius 3 is 1.43 bits per heavy atom. The molecule has 0 unspecified atom stereocenters. The van der Waals surface area contributed by atoms with E-state index >= 15 is 0 Å². The third-order valence-corrected chi connectivity index (χ3v) is 23.6. The second-order valence-electron chi connectivity index (χ2n) is 30.0. The van der Waals surface area contributed by atoms with Crippen molar-refractivity contribution in [2.75, 3.05) is 39.6 Å². The largest absolute Gasteiger partial charge is 0.523 e. The maximum atomic E-state index is 12.4. The Morgan fingerprint density at radius 2 is 0.977 bits per heavy atom. The number of rotatable bonds is 1. The van der Waals surface area contributed by atoms with Crippen molar-refractivity contribution < 1.29 is 64.1 Å². The van der Waals surface area contributed by atoms with Crippen molar-refractivity contribution in [1.29, 1.82) is 5.26 Å². The van der Waals surface area contributed by atoms with E-state index < -0.39 is 32.2 Å². The predicted octanol–water partition coefficient (Wildman–Crippen LogP) is 14.4. The van der Waals surface area contributed by atoms with Crippen LogP contribution in [0.25, 0.3) is 14.5 Å². The maximum Gasteiger partial charge on any atom is 0.269 e. The molecule has 8 fully saturated rings. The second kappa shape index (κ2) is 25.0. The fraction of sp³-hybridized carbons (Fsp3) is 0.714. The van der Waals surface area contributed by atoms with Crippen LogP contribution < -0.4 is 0 Å². The highest BCUT2D eigenvalue weighted by Gasteiger charge is 2.62. The van der Waals surface area contributed by atoms with Gasteiger partial charge in [0.05, 0.1) is 64.3 Å². The first-order chi connectivity index (χ1) is 41.4. The molecule has 18 heteroatoms. The van der Waals surface area contributed by atoms with Crippen molar-refractivity contribution in [3.63, 3.8) is 0 Å². The van der Waals surface area contributed by atoms with Crippen LogP contribution in [0, 0.1) is 104 Å². The number of benzene rings is 1. The van der Waals surface area contributed by atoms with Gasteiger partial charge in [0.2, 0.25) is 17.1 Å². The Kier molecular flexibility index (Phi) is 19.5. The Labute approximate surface area is 527 Å². The molecule has 8 atom stereocenters. The molecule has 0 radical (unpaired) electrons. The number of thiocyanates is 1. The van der Waals surface area contributed by atoms with Gasteiger partial charge in [0, 0.05) is 82.4 Å². The van der Waals surface area contributed by atoms with Crippen LogP contribution in [0.4, 0.5) is 0 Å². The highest BCUT2D eigenvalue weighted by molar-refractivity contribution is 7.95. The van der Waals surface area contributed by atoms with Crippen molar-refractivity contribution in [1.82, 2.24) is 0 Å². The molecule has 3 spiro atoms. The van der Waals surface area contributed by atoms with Gasteiger partial charge < -0.3 is 43.1 Å². The zero-order valence-corrected chi connectivity index (χ0v) is 54.5. The molecule has 1 aromatic carbocycles. The molecule has 12 rings (SSSR count). The van der Waals surface area contributed by atoms with Gasteiger partial charge in [-0.05, 0) is 103 Å². The summed E-state index contributed by atoms with van der Waals surface area (Å²) in [6.45, 7) is 52.5. The Morgan fingerprint density at radius 1 is 0.557 bits per heavy atom. The molecule has 1 N–H and O–H groups in total. The second-order valence-corrected chi connectivity index (χ2v) is 31.7. The van der Waals surface area contributed by atoms with E-state index in [0.29, 0.717) is 74.8 Å². The molecular formula is C70H98N4O13S. The van der Waals surface area contributed by atoms with E-state index in [1.54, 1.807) is 18.2 Å². The van der Waals surface area contributed by atoms with Crippen LogP contribution in [0.15, 0.2) is 64.2 Å². The van der Waals surface area contributed by atoms with Crippen LogP contribution in [0.3, 0.4) is 0 Å². The first-order valence-corrected chi connectivity index (χ1v) is 32.6. The van der Waals surface area contributed by atoms with Gasteiger partial charge in [-0.3, -0.25) is 9.59 Å². The number of aryl methyl sites for hydroxylation is 1. The van der Waals surface area contributed by atoms with Gasteiger partial charge in [-0.1, -0.05) is 120 Å². The van der Waals surface area contributed by atoms with Crippen molar-refractivity contribution in [2.24, 2.45) is 67.0 Å². The topological polar surface area (TPSA) is 215 Å². The molecule has 5 saturated carbocycles. The normalized spacial score (nSPS) is 34.5. The number of Topliss-reactive ketones (excluding diaryl/α,β-unsaturated/α-hetero) is 4. The van der Waals surface area contributed by atoms with E-state index in [9.17, 15) is 32.7 Å². The number of fused-ring (bicyclic) bond motifs is 4. The fourth-order valence-corrected chi connectivity index (χ4v) is 18.9. The average Bonchev–Trinajstić information content (AvgIpc) is 0.914. The standard InChI is InChI=1S/C16H23NO3.C16H21NO3.C15H24O3.C14H17NO2.C8H7NO2S.CH4.H2/c2*1-14(2)12-5-6-16(19-7-8-20-16)10-15(12,3)9-11(17-4)13(14)18;1-13(2)11-4-7-15(17-8-9-18-15)10-14(11,3)6-5-12(13)16;1-13(2)11-6-5-9(16)7-14(11,3)8-10(15-4)12(13)17;1-7-2-4-8(5-3-7)12(10,11)6-9;;/h12,18H,5-10H2,1-3H3;9,12H,5-8,10H2,1-3H3;11H,4-10H2,1-3H3;8,11H,5-7H2,1-3H3;2-5H,1H3;1H4;1H/t2*12-,15+;11-,14+;11-,14-;;;/m0000.../s1/i;;;;;;1+1D. The summed E-state index contributed by atoms with van der Waals surface area (Å²) in [5.74, 6) is 0.876. The molecule has 3 saturated heterocycles. The van der Waals surface area contributed by atoms with Gasteiger partial charge in [0.15, 0.2) is 34.3 Å². The van der Waals surface area contributed by atoms with E-state index in [1.807, 2.05) is 47.6 Å². The molecule has 0 amide bonds. The van der Waals surface area contributed by atoms with Crippen LogP contribution in [0.5, 0.6) is 0 Å². The van der Waals surface area contributed by atoms with Gasteiger partial charge in [-0.25, -0.2) is 23.0 Å². The number of sulfone groups is 1. The van der Waals surface area contributed by atoms with Crippen LogP contribution in [-0.2, 0) is 57.4 Å². The third kappa shape index (κ3) is 13.1. The molecule has 1 aromatic rings. The van der Waals surface area contributed by atoms with Crippen LogP contribution >= 0.6 is 0 Å². The van der Waals surface area contributed by atoms with Crippen LogP contribution in [0.1, 0.15) is 195 Å². The number of carbonyl (C=O) groups is 4. The third-order valence-electron chi connectivity index (χ3n) is 22.4. The number of hydrogen-bond acceptors (Lipinski definition) is 14. The quantitative estimate of drug-likeness (QED) is 0.157. The van der Waals surface area contributed by atoms with Crippen molar-refractivity contribution >= 4 is 33.0 Å². The lowest BCUT2D eigenvalue weighted by molar-refractivity contribution is -0.226. The molecule has 17 nitrogen and oxygen atoms in total. The van der Waals surface area contributed by atoms with E-state index in [0.717, 1.165) is 95.8 Å². The minimum atomic E-state index is -3.71. The SMILES string of the molecule is C.CC1(C)C(=O)CC[C@]2(C)CC3(CC[C@@H]12)OCCO3.Cc1ccc(S(=O)(=O)C#N)cc1.[2H][2H].[C-]#[N+]C1=C(O)C(C)(C)[C@@H]2CCC3(C[C@@]2(C)C1)OCCO3.[C-]#[N+]C1=C[C@]2(C)CC(=O)CC[C@H]2C(C)(C)C1=O.[C-]#[N+]C1=C[C@]2(C)CC3(CC[C@H]2C(C)(C)C1=O)OCCO3. The van der Waals surface area contributed by atoms with Gasteiger partial charge in [0.25, 0.3) is 9.84 Å². The number of nitrogens with zero attached hydrogens (tertiary/aromatic N) is 4. The molecule has 3 aliphatic heterocycles. The number of aliphatic hydroxyl groups is 1. The summed E-state index contributed by atoms with van der Waals surface area (Å²) in [4.78, 5) is 58.8. The lowest BCUT2D eigenvalue weighted by Gasteiger charge is -2.56. The molecule has 88 heavy (non-hydrogen) atoms. The minimum Gasteiger partial charge on any atom is -0.523 e. The summed E-state index contributed by atoms with van der Waals surface area (Å²) < 4.78 is 67.1. The van der Waals surface area contributed by atoms with E-state index in [1.165, 1.54) is 17.5 Å². The number of ketones is 4. The van der Waals surface area contributed by atoms with Gasteiger partial charge in [-0.15, -0.1) is 0 Å². The van der Waals surface area contributed by atoms with Gasteiger partial charge in [0.1, 0.15) is 17.3 Å². The summed E-state index contributed by atoms with van der Waals surface area (Å²) in [7, 11) is -3.71. The zero-order valence-electron chi connectivity index (χ0n) is 55.7. The average molecular weight is 1240 g/mol. The smallest absolute Gasteiger partial charge is 0.269 e. The summed E-state index contributed by atoms with van der Waals surface area (Å²) in [5.41, 5.74) is 0.0848. The van der Waals surface area contributed by atoms with E-state index in [2.05, 4.69) is 63.0 Å². The van der Waals surface area contributed by atoms with E-state index in [4.69, 9.17) is 56.4 Å². The minimum absolute atomic E-state index is 0. The van der Waals surface area contributed by atoms with Crippen molar-refractivity contribution in [3.8, 4) is 5.40 Å². The molecule has 3 heterocycles. The van der Waals surface area contributed by atoms with E-state index in [-0.39, 0.29) is 91.2 Å². The maximum absolute atomic E-state index is 12.4. The molecule has 482 valence electrons. The van der Waals surface area contributed by atoms with Crippen LogP contribution in [0.2, 0.25) is 0 Å². The first kappa shape index (κ1) is 68.5. The van der Waals surface area contributed by atoms with Crippen molar-refractivity contribution in [3.05, 3.63) is 99.1 Å². The Hall–Kier alpha value is -5.41. The predicted molar refractivity (Wildman–Crippen MR) is 333 cm³/mol. The molecule has 0 bridgehead atoms.